The van der Waals surface area contributed by atoms with Gasteiger partial charge in [-0.25, -0.2) is 0 Å². The van der Waals surface area contributed by atoms with Crippen molar-refractivity contribution >= 4 is 0 Å². The van der Waals surface area contributed by atoms with Crippen LogP contribution in [0.2, 0.25) is 0 Å². The zero-order chi connectivity index (χ0) is 13.2. The molecule has 1 aliphatic heterocycles. The Morgan fingerprint density at radius 3 is 2.84 bits per heavy atom. The molecule has 1 heterocycles. The van der Waals surface area contributed by atoms with Gasteiger partial charge in [0.15, 0.2) is 0 Å². The van der Waals surface area contributed by atoms with Crippen LogP contribution in [-0.4, -0.2) is 24.0 Å². The van der Waals surface area contributed by atoms with Crippen LogP contribution in [0.15, 0.2) is 24.3 Å². The Morgan fingerprint density at radius 1 is 1.16 bits per heavy atom. The third-order valence-corrected chi connectivity index (χ3v) is 4.75. The summed E-state index contributed by atoms with van der Waals surface area (Å²) in [5.41, 5.74) is 9.38. The molecule has 0 saturated carbocycles. The van der Waals surface area contributed by atoms with Gasteiger partial charge in [0, 0.05) is 25.2 Å². The summed E-state index contributed by atoms with van der Waals surface area (Å²) in [4.78, 5) is 2.66. The maximum atomic E-state index is 6.24. The number of benzene rings is 1. The summed E-state index contributed by atoms with van der Waals surface area (Å²) in [5, 5.41) is 0. The van der Waals surface area contributed by atoms with E-state index in [4.69, 9.17) is 5.73 Å². The first-order chi connectivity index (χ1) is 9.24. The van der Waals surface area contributed by atoms with Crippen molar-refractivity contribution in [2.24, 2.45) is 11.7 Å². The van der Waals surface area contributed by atoms with Crippen LogP contribution in [0.4, 0.5) is 0 Å². The van der Waals surface area contributed by atoms with Crippen molar-refractivity contribution in [2.45, 2.75) is 51.1 Å². The number of nitrogens with zero attached hydrogens (tertiary/aromatic N) is 1. The summed E-state index contributed by atoms with van der Waals surface area (Å²) < 4.78 is 0. The van der Waals surface area contributed by atoms with Gasteiger partial charge in [0.2, 0.25) is 0 Å². The van der Waals surface area contributed by atoms with Crippen LogP contribution >= 0.6 is 0 Å². The lowest BCUT2D eigenvalue weighted by Crippen LogP contribution is -2.47. The van der Waals surface area contributed by atoms with Crippen LogP contribution < -0.4 is 5.73 Å². The number of nitrogens with two attached hydrogens (primary N) is 1. The van der Waals surface area contributed by atoms with Crippen LogP contribution in [0.25, 0.3) is 0 Å². The van der Waals surface area contributed by atoms with E-state index in [1.54, 1.807) is 11.1 Å². The van der Waals surface area contributed by atoms with Gasteiger partial charge in [-0.1, -0.05) is 37.6 Å². The molecule has 2 nitrogen and oxygen atoms in total. The Balaban J connectivity index is 1.87. The number of piperidine rings is 1. The van der Waals surface area contributed by atoms with Crippen LogP contribution in [0, 0.1) is 5.92 Å². The average molecular weight is 258 g/mol. The van der Waals surface area contributed by atoms with Crippen LogP contribution in [-0.2, 0) is 6.42 Å². The molecule has 19 heavy (non-hydrogen) atoms. The van der Waals surface area contributed by atoms with Crippen molar-refractivity contribution in [1.82, 2.24) is 4.90 Å². The van der Waals surface area contributed by atoms with Crippen molar-refractivity contribution in [2.75, 3.05) is 13.1 Å². The quantitative estimate of drug-likeness (QED) is 0.784. The first kappa shape index (κ1) is 13.1. The Kier molecular flexibility index (Phi) is 3.90. The van der Waals surface area contributed by atoms with Gasteiger partial charge in [-0.3, -0.25) is 4.90 Å². The van der Waals surface area contributed by atoms with E-state index in [-0.39, 0.29) is 0 Å². The third-order valence-electron chi connectivity index (χ3n) is 4.75. The van der Waals surface area contributed by atoms with Crippen molar-refractivity contribution in [1.29, 1.82) is 0 Å². The Hall–Kier alpha value is -0.860. The summed E-state index contributed by atoms with van der Waals surface area (Å²) in [6, 6.07) is 10.0. The minimum atomic E-state index is 0.360. The smallest absolute Gasteiger partial charge is 0.0351 e. The van der Waals surface area contributed by atoms with E-state index in [2.05, 4.69) is 36.1 Å². The SMILES string of the molecule is CC1CC(N)CN(C2CCCCc3ccccc32)C1. The molecule has 1 saturated heterocycles. The molecule has 2 aliphatic rings. The maximum absolute atomic E-state index is 6.24. The molecule has 2 heteroatoms. The van der Waals surface area contributed by atoms with Gasteiger partial charge in [0.25, 0.3) is 0 Å². The maximum Gasteiger partial charge on any atom is 0.0351 e. The second kappa shape index (κ2) is 5.64. The van der Waals surface area contributed by atoms with E-state index < -0.39 is 0 Å². The zero-order valence-corrected chi connectivity index (χ0v) is 12.0. The summed E-state index contributed by atoms with van der Waals surface area (Å²) in [5.74, 6) is 0.735. The van der Waals surface area contributed by atoms with Gasteiger partial charge in [-0.15, -0.1) is 0 Å². The van der Waals surface area contributed by atoms with E-state index in [9.17, 15) is 0 Å². The summed E-state index contributed by atoms with van der Waals surface area (Å²) >= 11 is 0. The first-order valence-corrected chi connectivity index (χ1v) is 7.81. The van der Waals surface area contributed by atoms with E-state index in [0.29, 0.717) is 12.1 Å². The molecule has 0 aromatic heterocycles. The van der Waals surface area contributed by atoms with Crippen molar-refractivity contribution in [3.05, 3.63) is 35.4 Å². The van der Waals surface area contributed by atoms with Crippen LogP contribution in [0.5, 0.6) is 0 Å². The standard InChI is InChI=1S/C17H26N2/c1-13-10-15(18)12-19(11-13)17-9-5-3-7-14-6-2-4-8-16(14)17/h2,4,6,8,13,15,17H,3,5,7,9-12,18H2,1H3. The molecule has 0 amide bonds. The number of hydrogen-bond acceptors (Lipinski definition) is 2. The largest absolute Gasteiger partial charge is 0.327 e. The number of rotatable bonds is 1. The third kappa shape index (κ3) is 2.85. The van der Waals surface area contributed by atoms with E-state index in [0.717, 1.165) is 12.5 Å². The Bertz CT molecular complexity index is 419. The molecule has 1 aromatic carbocycles. The summed E-state index contributed by atoms with van der Waals surface area (Å²) in [6.07, 6.45) is 6.42. The lowest BCUT2D eigenvalue weighted by molar-refractivity contribution is 0.109. The van der Waals surface area contributed by atoms with Crippen molar-refractivity contribution in [3.63, 3.8) is 0 Å². The highest BCUT2D eigenvalue weighted by Crippen LogP contribution is 2.35. The molecule has 2 N–H and O–H groups in total. The van der Waals surface area contributed by atoms with E-state index in [1.807, 2.05) is 0 Å². The molecule has 3 unspecified atom stereocenters. The number of likely N-dealkylation sites (tertiary alicyclic amines) is 1. The number of aryl methyl sites for hydroxylation is 1. The van der Waals surface area contributed by atoms with Crippen LogP contribution in [0.3, 0.4) is 0 Å². The molecule has 0 bridgehead atoms. The Morgan fingerprint density at radius 2 is 2.00 bits per heavy atom. The molecular formula is C17H26N2. The van der Waals surface area contributed by atoms with Crippen molar-refractivity contribution in [3.8, 4) is 0 Å². The fourth-order valence-electron chi connectivity index (χ4n) is 3.97. The normalized spacial score (nSPS) is 32.6. The lowest BCUT2D eigenvalue weighted by Gasteiger charge is -2.40. The minimum Gasteiger partial charge on any atom is -0.327 e. The number of hydrogen-bond donors (Lipinski definition) is 1. The number of fused-ring (bicyclic) bond motifs is 1. The predicted octanol–water partition coefficient (Wildman–Crippen LogP) is 3.12. The highest BCUT2D eigenvalue weighted by atomic mass is 15.2. The monoisotopic (exact) mass is 258 g/mol. The van der Waals surface area contributed by atoms with Gasteiger partial charge >= 0.3 is 0 Å². The molecule has 3 rings (SSSR count). The molecule has 1 aliphatic carbocycles. The fourth-order valence-corrected chi connectivity index (χ4v) is 3.97. The second-order valence-electron chi connectivity index (χ2n) is 6.52. The highest BCUT2D eigenvalue weighted by Gasteiger charge is 2.30. The molecule has 3 atom stereocenters. The molecule has 1 aromatic rings. The van der Waals surface area contributed by atoms with Gasteiger partial charge in [0.05, 0.1) is 0 Å². The van der Waals surface area contributed by atoms with Gasteiger partial charge < -0.3 is 5.73 Å². The molecule has 0 radical (unpaired) electrons. The van der Waals surface area contributed by atoms with Crippen LogP contribution in [0.1, 0.15) is 49.8 Å². The second-order valence-corrected chi connectivity index (χ2v) is 6.52. The average Bonchev–Trinajstić information content (AvgIpc) is 2.59. The molecule has 104 valence electrons. The zero-order valence-electron chi connectivity index (χ0n) is 12.0. The van der Waals surface area contributed by atoms with Crippen molar-refractivity contribution < 1.29 is 0 Å². The molecule has 1 fully saturated rings. The predicted molar refractivity (Wildman–Crippen MR) is 80.1 cm³/mol. The molecule has 0 spiro atoms. The van der Waals surface area contributed by atoms with Gasteiger partial charge in [0.1, 0.15) is 0 Å². The topological polar surface area (TPSA) is 29.3 Å². The van der Waals surface area contributed by atoms with Gasteiger partial charge in [-0.05, 0) is 42.7 Å². The Labute approximate surface area is 117 Å². The highest BCUT2D eigenvalue weighted by molar-refractivity contribution is 5.31. The minimum absolute atomic E-state index is 0.360. The molecular weight excluding hydrogens is 232 g/mol. The van der Waals surface area contributed by atoms with E-state index >= 15 is 0 Å². The fraction of sp³-hybridized carbons (Fsp3) is 0.647. The lowest BCUT2D eigenvalue weighted by atomic mass is 9.91. The first-order valence-electron chi connectivity index (χ1n) is 7.81. The summed E-state index contributed by atoms with van der Waals surface area (Å²) in [7, 11) is 0. The van der Waals surface area contributed by atoms with Gasteiger partial charge in [-0.2, -0.15) is 0 Å². The van der Waals surface area contributed by atoms with E-state index in [1.165, 1.54) is 38.6 Å². The summed E-state index contributed by atoms with van der Waals surface area (Å²) in [6.45, 7) is 4.63.